The number of carbonyl (C=O) groups is 3. The summed E-state index contributed by atoms with van der Waals surface area (Å²) in [6.45, 7) is 5.08. The number of nitrogens with zero attached hydrogens (tertiary/aromatic N) is 1. The largest absolute Gasteiger partial charge is 0.480 e. The molecule has 0 aliphatic rings. The second kappa shape index (κ2) is 10.4. The van der Waals surface area contributed by atoms with E-state index in [4.69, 9.17) is 9.47 Å². The van der Waals surface area contributed by atoms with Gasteiger partial charge in [-0.3, -0.25) is 5.32 Å². The molecular weight excluding hydrogens is 406 g/mol. The predicted molar refractivity (Wildman–Crippen MR) is 110 cm³/mol. The first-order chi connectivity index (χ1) is 14.5. The summed E-state index contributed by atoms with van der Waals surface area (Å²) in [5, 5.41) is 24.4. The average Bonchev–Trinajstić information content (AvgIpc) is 2.69. The van der Waals surface area contributed by atoms with E-state index in [1.54, 1.807) is 45.0 Å². The van der Waals surface area contributed by atoms with E-state index in [2.05, 4.69) is 15.6 Å². The standard InChI is InChI=1S/C21H25N3O7/c1-21(2,3)31-20(29)23-15-10-9-14(11-22-15)17(25)16(18(26)27)24-19(28)30-12-13-7-5-4-6-8-13/h4-11,16-17,25H,12H2,1-3H3,(H,24,28)(H,26,27)(H,22,23,29). The lowest BCUT2D eigenvalue weighted by Gasteiger charge is -2.21. The summed E-state index contributed by atoms with van der Waals surface area (Å²) in [5.74, 6) is -1.31. The third-order valence-corrected chi connectivity index (χ3v) is 3.82. The molecular formula is C21H25N3O7. The average molecular weight is 431 g/mol. The molecule has 0 bridgehead atoms. The fourth-order valence-corrected chi connectivity index (χ4v) is 2.42. The molecule has 0 aliphatic carbocycles. The fourth-order valence-electron chi connectivity index (χ4n) is 2.42. The van der Waals surface area contributed by atoms with Gasteiger partial charge >= 0.3 is 18.2 Å². The van der Waals surface area contributed by atoms with Crippen LogP contribution in [0.3, 0.4) is 0 Å². The number of carbonyl (C=O) groups excluding carboxylic acids is 2. The Kier molecular flexibility index (Phi) is 7.92. The third kappa shape index (κ3) is 7.94. The Labute approximate surface area is 179 Å². The van der Waals surface area contributed by atoms with E-state index in [1.165, 1.54) is 18.3 Å². The predicted octanol–water partition coefficient (Wildman–Crippen LogP) is 2.84. The molecule has 0 saturated carbocycles. The molecule has 2 unspecified atom stereocenters. The number of hydrogen-bond acceptors (Lipinski definition) is 7. The molecule has 2 aromatic rings. The van der Waals surface area contributed by atoms with Gasteiger partial charge in [-0.15, -0.1) is 0 Å². The first-order valence-corrected chi connectivity index (χ1v) is 9.39. The number of aliphatic hydroxyl groups is 1. The Morgan fingerprint density at radius 2 is 1.74 bits per heavy atom. The monoisotopic (exact) mass is 431 g/mol. The van der Waals surface area contributed by atoms with Crippen molar-refractivity contribution in [2.45, 2.75) is 45.1 Å². The summed E-state index contributed by atoms with van der Waals surface area (Å²) in [6.07, 6.45) is -2.12. The van der Waals surface area contributed by atoms with Crippen molar-refractivity contribution >= 4 is 24.0 Å². The highest BCUT2D eigenvalue weighted by Crippen LogP contribution is 2.19. The van der Waals surface area contributed by atoms with Crippen molar-refractivity contribution in [1.82, 2.24) is 10.3 Å². The zero-order valence-corrected chi connectivity index (χ0v) is 17.4. The van der Waals surface area contributed by atoms with E-state index in [0.717, 1.165) is 5.56 Å². The molecule has 10 heteroatoms. The van der Waals surface area contributed by atoms with Gasteiger partial charge < -0.3 is 25.0 Å². The number of aliphatic hydroxyl groups excluding tert-OH is 1. The zero-order valence-electron chi connectivity index (χ0n) is 17.4. The molecule has 0 aliphatic heterocycles. The molecule has 2 atom stereocenters. The lowest BCUT2D eigenvalue weighted by atomic mass is 10.0. The quantitative estimate of drug-likeness (QED) is 0.523. The van der Waals surface area contributed by atoms with Crippen molar-refractivity contribution in [2.24, 2.45) is 0 Å². The minimum atomic E-state index is -1.67. The van der Waals surface area contributed by atoms with Gasteiger partial charge in [0.25, 0.3) is 0 Å². The molecule has 166 valence electrons. The second-order valence-electron chi connectivity index (χ2n) is 7.57. The maximum Gasteiger partial charge on any atom is 0.413 e. The number of aliphatic carboxylic acids is 1. The molecule has 4 N–H and O–H groups in total. The third-order valence-electron chi connectivity index (χ3n) is 3.82. The molecule has 2 amide bonds. The summed E-state index contributed by atoms with van der Waals surface area (Å²) < 4.78 is 10.1. The van der Waals surface area contributed by atoms with E-state index in [9.17, 15) is 24.6 Å². The molecule has 0 radical (unpaired) electrons. The number of carboxylic acids is 1. The van der Waals surface area contributed by atoms with Crippen LogP contribution in [-0.2, 0) is 20.9 Å². The molecule has 0 saturated heterocycles. The highest BCUT2D eigenvalue weighted by Gasteiger charge is 2.30. The van der Waals surface area contributed by atoms with Crippen molar-refractivity contribution in [3.05, 3.63) is 59.8 Å². The number of carboxylic acid groups (broad SMARTS) is 1. The van der Waals surface area contributed by atoms with E-state index in [0.29, 0.717) is 0 Å². The van der Waals surface area contributed by atoms with Crippen LogP contribution in [0, 0.1) is 0 Å². The number of nitrogens with one attached hydrogen (secondary N) is 2. The summed E-state index contributed by atoms with van der Waals surface area (Å²) in [6, 6.07) is 9.92. The molecule has 0 spiro atoms. The number of ether oxygens (including phenoxy) is 2. The van der Waals surface area contributed by atoms with Gasteiger partial charge in [-0.1, -0.05) is 36.4 Å². The van der Waals surface area contributed by atoms with E-state index in [1.807, 2.05) is 6.07 Å². The number of alkyl carbamates (subject to hydrolysis) is 1. The Hall–Kier alpha value is -3.66. The van der Waals surface area contributed by atoms with Gasteiger partial charge in [0.1, 0.15) is 24.1 Å². The number of benzene rings is 1. The van der Waals surface area contributed by atoms with Gasteiger partial charge in [0.2, 0.25) is 0 Å². The molecule has 0 fully saturated rings. The maximum atomic E-state index is 12.0. The SMILES string of the molecule is CC(C)(C)OC(=O)Nc1ccc(C(O)C(NC(=O)OCc2ccccc2)C(=O)O)cn1. The number of pyridine rings is 1. The zero-order chi connectivity index (χ0) is 23.0. The Bertz CT molecular complexity index is 895. The number of anilines is 1. The van der Waals surface area contributed by atoms with Crippen molar-refractivity contribution in [1.29, 1.82) is 0 Å². The summed E-state index contributed by atoms with van der Waals surface area (Å²) >= 11 is 0. The molecule has 1 aromatic heterocycles. The van der Waals surface area contributed by atoms with Crippen LogP contribution in [0.2, 0.25) is 0 Å². The molecule has 1 heterocycles. The fraction of sp³-hybridized carbons (Fsp3) is 0.333. The maximum absolute atomic E-state index is 12.0. The van der Waals surface area contributed by atoms with E-state index in [-0.39, 0.29) is 18.0 Å². The molecule has 2 rings (SSSR count). The Balaban J connectivity index is 1.97. The lowest BCUT2D eigenvalue weighted by molar-refractivity contribution is -0.142. The van der Waals surface area contributed by atoms with Crippen LogP contribution in [0.25, 0.3) is 0 Å². The summed E-state index contributed by atoms with van der Waals surface area (Å²) in [4.78, 5) is 39.2. The van der Waals surface area contributed by atoms with Crippen LogP contribution < -0.4 is 10.6 Å². The Morgan fingerprint density at radius 3 is 2.29 bits per heavy atom. The van der Waals surface area contributed by atoms with Crippen LogP contribution in [0.4, 0.5) is 15.4 Å². The van der Waals surface area contributed by atoms with Crippen molar-refractivity contribution < 1.29 is 34.1 Å². The minimum Gasteiger partial charge on any atom is -0.480 e. The van der Waals surface area contributed by atoms with E-state index < -0.39 is 35.9 Å². The second-order valence-corrected chi connectivity index (χ2v) is 7.57. The highest BCUT2D eigenvalue weighted by molar-refractivity contribution is 5.83. The van der Waals surface area contributed by atoms with Gasteiger partial charge in [0.05, 0.1) is 0 Å². The normalized spacial score (nSPS) is 12.9. The van der Waals surface area contributed by atoms with Crippen molar-refractivity contribution in [2.75, 3.05) is 5.32 Å². The van der Waals surface area contributed by atoms with Crippen LogP contribution in [0.15, 0.2) is 48.7 Å². The van der Waals surface area contributed by atoms with Crippen molar-refractivity contribution in [3.8, 4) is 0 Å². The summed E-state index contributed by atoms with van der Waals surface area (Å²) in [5.41, 5.74) is 0.156. The minimum absolute atomic E-state index is 0.0539. The number of aromatic nitrogens is 1. The highest BCUT2D eigenvalue weighted by atomic mass is 16.6. The lowest BCUT2D eigenvalue weighted by Crippen LogP contribution is -2.45. The molecule has 1 aromatic carbocycles. The number of hydrogen-bond donors (Lipinski definition) is 4. The van der Waals surface area contributed by atoms with Gasteiger partial charge in [-0.25, -0.2) is 19.4 Å². The smallest absolute Gasteiger partial charge is 0.413 e. The van der Waals surface area contributed by atoms with Crippen LogP contribution in [-0.4, -0.2) is 45.0 Å². The molecule has 31 heavy (non-hydrogen) atoms. The van der Waals surface area contributed by atoms with Gasteiger partial charge in [0.15, 0.2) is 6.04 Å². The van der Waals surface area contributed by atoms with Crippen LogP contribution in [0.5, 0.6) is 0 Å². The number of amides is 2. The van der Waals surface area contributed by atoms with Gasteiger partial charge in [-0.2, -0.15) is 0 Å². The first kappa shape index (κ1) is 23.6. The molecule has 10 nitrogen and oxygen atoms in total. The summed E-state index contributed by atoms with van der Waals surface area (Å²) in [7, 11) is 0. The topological polar surface area (TPSA) is 147 Å². The first-order valence-electron chi connectivity index (χ1n) is 9.39. The number of rotatable bonds is 7. The van der Waals surface area contributed by atoms with Crippen molar-refractivity contribution in [3.63, 3.8) is 0 Å². The van der Waals surface area contributed by atoms with Gasteiger partial charge in [0, 0.05) is 11.8 Å². The van der Waals surface area contributed by atoms with Crippen LogP contribution in [0.1, 0.15) is 38.0 Å². The van der Waals surface area contributed by atoms with E-state index >= 15 is 0 Å². The Morgan fingerprint density at radius 1 is 1.06 bits per heavy atom. The van der Waals surface area contributed by atoms with Crippen LogP contribution >= 0.6 is 0 Å². The van der Waals surface area contributed by atoms with Gasteiger partial charge in [-0.05, 0) is 32.4 Å².